The molecular weight excluding hydrogens is 484 g/mol. The molecule has 0 aliphatic heterocycles. The van der Waals surface area contributed by atoms with E-state index in [1.807, 2.05) is 32.9 Å². The lowest BCUT2D eigenvalue weighted by Gasteiger charge is -2.63. The molecule has 8 heteroatoms. The fraction of sp³-hybridized carbons (Fsp3) is 0.714. The minimum Gasteiger partial charge on any atom is -0.457 e. The van der Waals surface area contributed by atoms with Crippen molar-refractivity contribution in [3.8, 4) is 0 Å². The highest BCUT2D eigenvalue weighted by atomic mass is 35.5. The van der Waals surface area contributed by atoms with Crippen LogP contribution in [-0.2, 0) is 28.7 Å². The summed E-state index contributed by atoms with van der Waals surface area (Å²) in [5.74, 6) is -2.33. The van der Waals surface area contributed by atoms with Gasteiger partial charge in [-0.3, -0.25) is 19.2 Å². The summed E-state index contributed by atoms with van der Waals surface area (Å²) >= 11 is 7.48. The average Bonchev–Trinajstić information content (AvgIpc) is 3.05. The van der Waals surface area contributed by atoms with E-state index in [0.29, 0.717) is 19.3 Å². The van der Waals surface area contributed by atoms with E-state index in [0.717, 1.165) is 5.57 Å². The first-order valence-corrected chi connectivity index (χ1v) is 13.4. The molecule has 0 saturated heterocycles. The highest BCUT2D eigenvalue weighted by Crippen LogP contribution is 2.71. The molecule has 0 aromatic carbocycles. The van der Waals surface area contributed by atoms with Crippen LogP contribution in [-0.4, -0.2) is 51.8 Å². The number of hydrogen-bond donors (Lipinski definition) is 1. The Labute approximate surface area is 217 Å². The highest BCUT2D eigenvalue weighted by Gasteiger charge is 2.76. The van der Waals surface area contributed by atoms with Crippen LogP contribution >= 0.6 is 11.6 Å². The first kappa shape index (κ1) is 27.1. The molecule has 0 amide bonds. The van der Waals surface area contributed by atoms with E-state index in [4.69, 9.17) is 21.1 Å². The summed E-state index contributed by atoms with van der Waals surface area (Å²) in [4.78, 5) is 49.5. The van der Waals surface area contributed by atoms with Crippen LogP contribution in [0.4, 0.5) is 0 Å². The van der Waals surface area contributed by atoms with Gasteiger partial charge in [-0.25, -0.2) is 0 Å². The minimum atomic E-state index is -1.56. The predicted octanol–water partition coefficient (Wildman–Crippen LogP) is 4.09. The molecule has 8 atom stereocenters. The van der Waals surface area contributed by atoms with E-state index < -0.39 is 51.7 Å². The zero-order chi connectivity index (χ0) is 26.7. The number of ether oxygens (including phenoxy) is 2. The lowest BCUT2D eigenvalue weighted by molar-refractivity contribution is -0.201. The second-order valence-corrected chi connectivity index (χ2v) is 12.1. The SMILES string of the molecule is CCC(=O)OCC(=O)[C@@]1(OC(=O)CC)[C@@H](C)C[C@H]2[C@@H]3C=CC4=CC(=O)CC[C@]4(C)[C@@]3(Cl)[C@@H](O)C[C@@]21C. The van der Waals surface area contributed by atoms with Gasteiger partial charge in [0, 0.05) is 41.9 Å². The summed E-state index contributed by atoms with van der Waals surface area (Å²) in [6.07, 6.45) is 6.29. The zero-order valence-electron chi connectivity index (χ0n) is 21.8. The summed E-state index contributed by atoms with van der Waals surface area (Å²) < 4.78 is 11.3. The third-order valence-electron chi connectivity index (χ3n) is 9.77. The molecule has 4 rings (SSSR count). The number of allylic oxidation sites excluding steroid dienone is 4. The molecule has 0 aromatic heterocycles. The Morgan fingerprint density at radius 3 is 2.47 bits per heavy atom. The molecule has 0 aromatic rings. The Morgan fingerprint density at radius 2 is 1.83 bits per heavy atom. The molecule has 198 valence electrons. The average molecular weight is 521 g/mol. The number of fused-ring (bicyclic) bond motifs is 5. The molecule has 2 fully saturated rings. The number of hydrogen-bond acceptors (Lipinski definition) is 7. The third kappa shape index (κ3) is 3.48. The third-order valence-corrected chi connectivity index (χ3v) is 10.7. The van der Waals surface area contributed by atoms with Crippen molar-refractivity contribution >= 4 is 35.1 Å². The Kier molecular flexibility index (Phi) is 6.83. The van der Waals surface area contributed by atoms with Crippen LogP contribution in [0.1, 0.15) is 73.1 Å². The van der Waals surface area contributed by atoms with Crippen molar-refractivity contribution in [2.75, 3.05) is 6.61 Å². The Bertz CT molecular complexity index is 1050. The van der Waals surface area contributed by atoms with Crippen molar-refractivity contribution in [3.63, 3.8) is 0 Å². The first-order valence-electron chi connectivity index (χ1n) is 13.0. The van der Waals surface area contributed by atoms with Gasteiger partial charge < -0.3 is 14.6 Å². The molecule has 36 heavy (non-hydrogen) atoms. The summed E-state index contributed by atoms with van der Waals surface area (Å²) in [5, 5.41) is 11.8. The molecule has 1 N–H and O–H groups in total. The van der Waals surface area contributed by atoms with Gasteiger partial charge in [0.15, 0.2) is 18.0 Å². The van der Waals surface area contributed by atoms with Gasteiger partial charge in [0.2, 0.25) is 5.78 Å². The monoisotopic (exact) mass is 520 g/mol. The normalized spacial score (nSPS) is 43.1. The summed E-state index contributed by atoms with van der Waals surface area (Å²) in [5.41, 5.74) is -2.31. The number of Topliss-reactive ketones (excluding diaryl/α,β-unsaturated/α-hetero) is 1. The van der Waals surface area contributed by atoms with Crippen LogP contribution < -0.4 is 0 Å². The number of halogens is 1. The smallest absolute Gasteiger partial charge is 0.306 e. The van der Waals surface area contributed by atoms with E-state index in [-0.39, 0.29) is 42.8 Å². The number of esters is 2. The molecule has 4 aliphatic carbocycles. The van der Waals surface area contributed by atoms with E-state index in [1.54, 1.807) is 19.9 Å². The minimum absolute atomic E-state index is 0.0492. The lowest BCUT2D eigenvalue weighted by Crippen LogP contribution is -2.69. The van der Waals surface area contributed by atoms with Gasteiger partial charge in [0.05, 0.1) is 11.0 Å². The summed E-state index contributed by atoms with van der Waals surface area (Å²) in [6, 6.07) is 0. The first-order chi connectivity index (χ1) is 16.8. The maximum atomic E-state index is 13.8. The molecule has 0 bridgehead atoms. The highest BCUT2D eigenvalue weighted by molar-refractivity contribution is 6.26. The van der Waals surface area contributed by atoms with Crippen LogP contribution in [0.2, 0.25) is 0 Å². The standard InChI is InChI=1S/C28H37ClO7/c1-6-23(33)35-15-22(32)28(36-24(34)7-2)16(3)12-20-19-9-8-17-13-18(30)10-11-25(17,4)27(19,29)21(31)14-26(20,28)5/h8-9,13,16,19-21,31H,6-7,10-12,14-15H2,1-5H3/t16-,19-,20-,21-,25-,26-,27-,28-/m0/s1. The van der Waals surface area contributed by atoms with Crippen LogP contribution in [0.25, 0.3) is 0 Å². The molecular formula is C28H37ClO7. The zero-order valence-corrected chi connectivity index (χ0v) is 22.5. The van der Waals surface area contributed by atoms with Crippen molar-refractivity contribution in [3.05, 3.63) is 23.8 Å². The molecule has 0 radical (unpaired) electrons. The Balaban J connectivity index is 1.83. The number of aliphatic hydroxyl groups is 1. The number of rotatable bonds is 6. The Hall–Kier alpha value is -1.99. The van der Waals surface area contributed by atoms with Crippen molar-refractivity contribution < 1.29 is 33.8 Å². The molecule has 2 saturated carbocycles. The topological polar surface area (TPSA) is 107 Å². The van der Waals surface area contributed by atoms with Crippen molar-refractivity contribution in [1.82, 2.24) is 0 Å². The van der Waals surface area contributed by atoms with Gasteiger partial charge in [-0.2, -0.15) is 0 Å². The maximum Gasteiger partial charge on any atom is 0.306 e. The van der Waals surface area contributed by atoms with Crippen molar-refractivity contribution in [2.24, 2.45) is 28.6 Å². The van der Waals surface area contributed by atoms with Crippen LogP contribution in [0.5, 0.6) is 0 Å². The number of alkyl halides is 1. The van der Waals surface area contributed by atoms with Gasteiger partial charge in [0.25, 0.3) is 0 Å². The van der Waals surface area contributed by atoms with Gasteiger partial charge in [-0.15, -0.1) is 11.6 Å². The van der Waals surface area contributed by atoms with Gasteiger partial charge in [-0.05, 0) is 36.8 Å². The second-order valence-electron chi connectivity index (χ2n) is 11.4. The van der Waals surface area contributed by atoms with E-state index in [9.17, 15) is 24.3 Å². The molecule has 0 spiro atoms. The molecule has 0 heterocycles. The van der Waals surface area contributed by atoms with Crippen LogP contribution in [0.3, 0.4) is 0 Å². The van der Waals surface area contributed by atoms with E-state index >= 15 is 0 Å². The fourth-order valence-electron chi connectivity index (χ4n) is 7.82. The molecule has 0 unspecified atom stereocenters. The summed E-state index contributed by atoms with van der Waals surface area (Å²) in [7, 11) is 0. The van der Waals surface area contributed by atoms with Gasteiger partial charge in [0.1, 0.15) is 0 Å². The number of carbonyl (C=O) groups excluding carboxylic acids is 4. The van der Waals surface area contributed by atoms with E-state index in [2.05, 4.69) is 0 Å². The number of ketones is 2. The molecule has 7 nitrogen and oxygen atoms in total. The summed E-state index contributed by atoms with van der Waals surface area (Å²) in [6.45, 7) is 8.61. The van der Waals surface area contributed by atoms with Crippen molar-refractivity contribution in [2.45, 2.75) is 89.7 Å². The Morgan fingerprint density at radius 1 is 1.17 bits per heavy atom. The number of carbonyl (C=O) groups is 4. The van der Waals surface area contributed by atoms with Crippen molar-refractivity contribution in [1.29, 1.82) is 0 Å². The molecule has 4 aliphatic rings. The van der Waals surface area contributed by atoms with Gasteiger partial charge >= 0.3 is 11.9 Å². The van der Waals surface area contributed by atoms with Crippen LogP contribution in [0, 0.1) is 28.6 Å². The van der Waals surface area contributed by atoms with E-state index in [1.165, 1.54) is 0 Å². The lowest BCUT2D eigenvalue weighted by atomic mass is 9.46. The largest absolute Gasteiger partial charge is 0.457 e. The van der Waals surface area contributed by atoms with Gasteiger partial charge in [-0.1, -0.05) is 46.8 Å². The van der Waals surface area contributed by atoms with Crippen LogP contribution in [0.15, 0.2) is 23.8 Å². The second kappa shape index (κ2) is 9.09. The predicted molar refractivity (Wildman–Crippen MR) is 133 cm³/mol. The fourth-order valence-corrected chi connectivity index (χ4v) is 8.32. The maximum absolute atomic E-state index is 13.8. The number of aliphatic hydroxyl groups excluding tert-OH is 1. The quantitative estimate of drug-likeness (QED) is 0.415.